The quantitative estimate of drug-likeness (QED) is 0.810. The van der Waals surface area contributed by atoms with Crippen molar-refractivity contribution in [1.29, 1.82) is 0 Å². The van der Waals surface area contributed by atoms with E-state index >= 15 is 0 Å². The number of halogens is 1. The fourth-order valence-electron chi connectivity index (χ4n) is 1.60. The molecule has 80 valence electrons. The Bertz CT molecular complexity index is 541. The Hall–Kier alpha value is -1.26. The van der Waals surface area contributed by atoms with Crippen molar-refractivity contribution in [3.63, 3.8) is 0 Å². The number of nitrogens with one attached hydrogen (secondary N) is 1. The van der Waals surface area contributed by atoms with Crippen LogP contribution in [0.15, 0.2) is 23.0 Å². The molecule has 2 aromatic rings. The van der Waals surface area contributed by atoms with Crippen LogP contribution in [0.2, 0.25) is 5.02 Å². The van der Waals surface area contributed by atoms with Crippen molar-refractivity contribution in [1.82, 2.24) is 9.55 Å². The van der Waals surface area contributed by atoms with Gasteiger partial charge in [0.2, 0.25) is 0 Å². The zero-order chi connectivity index (χ0) is 11.0. The number of nitrogens with zero attached hydrogens (tertiary/aromatic N) is 1. The van der Waals surface area contributed by atoms with Crippen LogP contribution in [0.4, 0.5) is 0 Å². The number of hydrogen-bond donors (Lipinski definition) is 2. The van der Waals surface area contributed by atoms with Crippen LogP contribution in [0.25, 0.3) is 11.0 Å². The van der Waals surface area contributed by atoms with Crippen LogP contribution in [0, 0.1) is 0 Å². The summed E-state index contributed by atoms with van der Waals surface area (Å²) in [5.74, 6) is 0. The molecule has 0 amide bonds. The van der Waals surface area contributed by atoms with Gasteiger partial charge in [0.05, 0.1) is 11.0 Å². The van der Waals surface area contributed by atoms with Gasteiger partial charge in [-0.1, -0.05) is 11.6 Å². The maximum absolute atomic E-state index is 11.6. The lowest BCUT2D eigenvalue weighted by molar-refractivity contribution is 0.588. The van der Waals surface area contributed by atoms with E-state index in [2.05, 4.69) is 4.98 Å². The third kappa shape index (κ3) is 1.91. The van der Waals surface area contributed by atoms with E-state index in [9.17, 15) is 4.79 Å². The van der Waals surface area contributed by atoms with Crippen LogP contribution in [0.3, 0.4) is 0 Å². The number of nitrogens with two attached hydrogens (primary N) is 1. The van der Waals surface area contributed by atoms with Gasteiger partial charge in [-0.05, 0) is 25.1 Å². The maximum Gasteiger partial charge on any atom is 0.326 e. The average molecular weight is 226 g/mol. The van der Waals surface area contributed by atoms with Gasteiger partial charge in [0.25, 0.3) is 0 Å². The van der Waals surface area contributed by atoms with E-state index in [1.807, 2.05) is 6.92 Å². The SMILES string of the molecule is CC(N)Cn1c(=O)[nH]c2ccc(Cl)cc21. The minimum absolute atomic E-state index is 0.0688. The molecular weight excluding hydrogens is 214 g/mol. The fourth-order valence-corrected chi connectivity index (χ4v) is 1.76. The molecule has 0 saturated carbocycles. The second kappa shape index (κ2) is 3.72. The normalized spacial score (nSPS) is 13.3. The molecule has 4 nitrogen and oxygen atoms in total. The van der Waals surface area contributed by atoms with Crippen LogP contribution >= 0.6 is 11.6 Å². The summed E-state index contributed by atoms with van der Waals surface area (Å²) in [7, 11) is 0. The Kier molecular flexibility index (Phi) is 2.54. The first kappa shape index (κ1) is 10.3. The van der Waals surface area contributed by atoms with E-state index in [0.29, 0.717) is 11.6 Å². The number of hydrogen-bond acceptors (Lipinski definition) is 2. The lowest BCUT2D eigenvalue weighted by Gasteiger charge is -2.06. The van der Waals surface area contributed by atoms with Gasteiger partial charge in [0.1, 0.15) is 0 Å². The standard InChI is InChI=1S/C10H12ClN3O/c1-6(12)5-14-9-4-7(11)2-3-8(9)13-10(14)15/h2-4,6H,5,12H2,1H3,(H,13,15). The van der Waals surface area contributed by atoms with E-state index in [1.165, 1.54) is 0 Å². The minimum atomic E-state index is -0.149. The smallest absolute Gasteiger partial charge is 0.326 e. The van der Waals surface area contributed by atoms with Crippen molar-refractivity contribution in [2.75, 3.05) is 0 Å². The lowest BCUT2D eigenvalue weighted by Crippen LogP contribution is -2.28. The molecule has 1 aromatic heterocycles. The van der Waals surface area contributed by atoms with Crippen molar-refractivity contribution in [3.8, 4) is 0 Å². The van der Waals surface area contributed by atoms with Crippen LogP contribution in [-0.2, 0) is 6.54 Å². The molecule has 1 atom stereocenters. The first-order chi connectivity index (χ1) is 7.08. The van der Waals surface area contributed by atoms with Gasteiger partial charge in [-0.2, -0.15) is 0 Å². The summed E-state index contributed by atoms with van der Waals surface area (Å²) in [6.45, 7) is 2.34. The second-order valence-corrected chi connectivity index (χ2v) is 4.12. The highest BCUT2D eigenvalue weighted by molar-refractivity contribution is 6.31. The van der Waals surface area contributed by atoms with Crippen LogP contribution < -0.4 is 11.4 Å². The molecule has 5 heteroatoms. The summed E-state index contributed by atoms with van der Waals surface area (Å²) in [5, 5.41) is 0.611. The minimum Gasteiger partial charge on any atom is -0.326 e. The predicted octanol–water partition coefficient (Wildman–Crippen LogP) is 1.33. The Labute approximate surface area is 91.7 Å². The van der Waals surface area contributed by atoms with E-state index in [4.69, 9.17) is 17.3 Å². The molecule has 1 aromatic carbocycles. The monoisotopic (exact) mass is 225 g/mol. The number of aromatic amines is 1. The molecule has 0 spiro atoms. The molecule has 0 aliphatic rings. The molecule has 15 heavy (non-hydrogen) atoms. The topological polar surface area (TPSA) is 63.8 Å². The summed E-state index contributed by atoms with van der Waals surface area (Å²) in [6, 6.07) is 5.23. The van der Waals surface area contributed by atoms with E-state index in [0.717, 1.165) is 11.0 Å². The van der Waals surface area contributed by atoms with Crippen molar-refractivity contribution in [2.24, 2.45) is 5.73 Å². The molecule has 0 bridgehead atoms. The molecule has 2 rings (SSSR count). The molecule has 0 aliphatic carbocycles. The van der Waals surface area contributed by atoms with Crippen LogP contribution in [0.5, 0.6) is 0 Å². The lowest BCUT2D eigenvalue weighted by atomic mass is 10.3. The van der Waals surface area contributed by atoms with Crippen molar-refractivity contribution in [3.05, 3.63) is 33.7 Å². The van der Waals surface area contributed by atoms with Crippen molar-refractivity contribution < 1.29 is 0 Å². The zero-order valence-corrected chi connectivity index (χ0v) is 9.08. The Morgan fingerprint density at radius 2 is 2.33 bits per heavy atom. The van der Waals surface area contributed by atoms with Gasteiger partial charge in [-0.25, -0.2) is 4.79 Å². The van der Waals surface area contributed by atoms with Gasteiger partial charge in [-0.3, -0.25) is 4.57 Å². The highest BCUT2D eigenvalue weighted by Crippen LogP contribution is 2.16. The third-order valence-corrected chi connectivity index (χ3v) is 2.44. The largest absolute Gasteiger partial charge is 0.326 e. The Morgan fingerprint density at radius 1 is 1.60 bits per heavy atom. The summed E-state index contributed by atoms with van der Waals surface area (Å²) in [5.41, 5.74) is 7.11. The van der Waals surface area contributed by atoms with Crippen LogP contribution in [-0.4, -0.2) is 15.6 Å². The molecule has 0 aliphatic heterocycles. The first-order valence-corrected chi connectivity index (χ1v) is 5.09. The van der Waals surface area contributed by atoms with E-state index in [-0.39, 0.29) is 11.7 Å². The van der Waals surface area contributed by atoms with E-state index < -0.39 is 0 Å². The Balaban J connectivity index is 2.65. The summed E-state index contributed by atoms with van der Waals surface area (Å²) < 4.78 is 1.60. The molecule has 0 fully saturated rings. The third-order valence-electron chi connectivity index (χ3n) is 2.21. The van der Waals surface area contributed by atoms with E-state index in [1.54, 1.807) is 22.8 Å². The maximum atomic E-state index is 11.6. The number of H-pyrrole nitrogens is 1. The molecule has 0 saturated heterocycles. The Morgan fingerprint density at radius 3 is 3.00 bits per heavy atom. The highest BCUT2D eigenvalue weighted by atomic mass is 35.5. The van der Waals surface area contributed by atoms with Gasteiger partial charge in [0.15, 0.2) is 0 Å². The number of benzene rings is 1. The van der Waals surface area contributed by atoms with Crippen LogP contribution in [0.1, 0.15) is 6.92 Å². The van der Waals surface area contributed by atoms with Gasteiger partial charge in [0, 0.05) is 17.6 Å². The molecule has 1 unspecified atom stereocenters. The highest BCUT2D eigenvalue weighted by Gasteiger charge is 2.08. The summed E-state index contributed by atoms with van der Waals surface area (Å²) >= 11 is 5.88. The molecule has 0 radical (unpaired) electrons. The number of rotatable bonds is 2. The summed E-state index contributed by atoms with van der Waals surface area (Å²) in [6.07, 6.45) is 0. The molecule has 3 N–H and O–H groups in total. The fraction of sp³-hybridized carbons (Fsp3) is 0.300. The number of aromatic nitrogens is 2. The molecular formula is C10H12ClN3O. The predicted molar refractivity (Wildman–Crippen MR) is 61.2 cm³/mol. The number of fused-ring (bicyclic) bond motifs is 1. The van der Waals surface area contributed by atoms with Gasteiger partial charge in [-0.15, -0.1) is 0 Å². The second-order valence-electron chi connectivity index (χ2n) is 3.68. The van der Waals surface area contributed by atoms with Gasteiger partial charge >= 0.3 is 5.69 Å². The number of imidazole rings is 1. The van der Waals surface area contributed by atoms with Gasteiger partial charge < -0.3 is 10.7 Å². The average Bonchev–Trinajstić information content (AvgIpc) is 2.43. The molecule has 1 heterocycles. The van der Waals surface area contributed by atoms with Crippen molar-refractivity contribution in [2.45, 2.75) is 19.5 Å². The van der Waals surface area contributed by atoms with Crippen molar-refractivity contribution >= 4 is 22.6 Å². The zero-order valence-electron chi connectivity index (χ0n) is 8.33. The summed E-state index contributed by atoms with van der Waals surface area (Å²) in [4.78, 5) is 14.3. The first-order valence-electron chi connectivity index (χ1n) is 4.71.